The topological polar surface area (TPSA) is 88.8 Å². The average molecular weight is 468 g/mol. The molecule has 8 nitrogen and oxygen atoms in total. The number of nitrogens with zero attached hydrogens (tertiary/aromatic N) is 4. The van der Waals surface area contributed by atoms with Crippen molar-refractivity contribution in [3.8, 4) is 0 Å². The zero-order valence-electron chi connectivity index (χ0n) is 19.7. The first kappa shape index (κ1) is 23.7. The van der Waals surface area contributed by atoms with E-state index in [4.69, 9.17) is 4.74 Å². The van der Waals surface area contributed by atoms with Gasteiger partial charge in [-0.05, 0) is 57.4 Å². The summed E-state index contributed by atoms with van der Waals surface area (Å²) in [4.78, 5) is 36.5. The molecule has 1 N–H and O–H groups in total. The maximum atomic E-state index is 13.6. The van der Waals surface area contributed by atoms with Crippen molar-refractivity contribution in [2.45, 2.75) is 57.6 Å². The Labute approximate surface area is 198 Å². The molecule has 0 spiro atoms. The van der Waals surface area contributed by atoms with Gasteiger partial charge in [-0.3, -0.25) is 9.20 Å². The number of imidazole rings is 1. The number of benzene rings is 1. The molecule has 0 aliphatic carbocycles. The smallest absolute Gasteiger partial charge is 0.408 e. The van der Waals surface area contributed by atoms with E-state index in [1.165, 1.54) is 12.1 Å². The van der Waals surface area contributed by atoms with E-state index in [-0.39, 0.29) is 24.1 Å². The van der Waals surface area contributed by atoms with Crippen molar-refractivity contribution in [1.82, 2.24) is 24.6 Å². The minimum Gasteiger partial charge on any atom is -0.444 e. The van der Waals surface area contributed by atoms with Crippen LogP contribution >= 0.6 is 0 Å². The monoisotopic (exact) mass is 467 g/mol. The van der Waals surface area contributed by atoms with Gasteiger partial charge in [0.1, 0.15) is 17.5 Å². The van der Waals surface area contributed by atoms with Crippen molar-refractivity contribution < 1.29 is 18.7 Å². The van der Waals surface area contributed by atoms with Crippen molar-refractivity contribution in [1.29, 1.82) is 0 Å². The number of rotatable bonds is 5. The molecular formula is C25H30FN5O3. The quantitative estimate of drug-likeness (QED) is 0.618. The summed E-state index contributed by atoms with van der Waals surface area (Å²) in [7, 11) is 0. The van der Waals surface area contributed by atoms with Gasteiger partial charge >= 0.3 is 6.09 Å². The van der Waals surface area contributed by atoms with Gasteiger partial charge in [0.15, 0.2) is 0 Å². The van der Waals surface area contributed by atoms with Crippen LogP contribution in [0.3, 0.4) is 0 Å². The van der Waals surface area contributed by atoms with Crippen LogP contribution < -0.4 is 5.32 Å². The molecule has 1 aliphatic heterocycles. The number of hydrogen-bond donors (Lipinski definition) is 1. The average Bonchev–Trinajstić information content (AvgIpc) is 3.27. The number of piperidine rings is 1. The van der Waals surface area contributed by atoms with Gasteiger partial charge < -0.3 is 15.0 Å². The number of nitrogens with one attached hydrogen (secondary N) is 1. The molecule has 3 aromatic rings. The van der Waals surface area contributed by atoms with Crippen molar-refractivity contribution in [2.75, 3.05) is 13.1 Å². The highest BCUT2D eigenvalue weighted by molar-refractivity contribution is 5.86. The van der Waals surface area contributed by atoms with Crippen molar-refractivity contribution in [2.24, 2.45) is 0 Å². The molecule has 2 amide bonds. The van der Waals surface area contributed by atoms with Crippen LogP contribution in [-0.2, 0) is 16.0 Å². The zero-order valence-corrected chi connectivity index (χ0v) is 19.7. The lowest BCUT2D eigenvalue weighted by atomic mass is 9.93. The van der Waals surface area contributed by atoms with E-state index < -0.39 is 17.7 Å². The summed E-state index contributed by atoms with van der Waals surface area (Å²) in [6.45, 7) is 6.42. The molecule has 4 rings (SSSR count). The molecule has 0 saturated carbocycles. The lowest BCUT2D eigenvalue weighted by molar-refractivity contribution is -0.134. The molecule has 1 aliphatic rings. The van der Waals surface area contributed by atoms with Crippen LogP contribution in [0.15, 0.2) is 48.9 Å². The van der Waals surface area contributed by atoms with Gasteiger partial charge in [0.25, 0.3) is 0 Å². The summed E-state index contributed by atoms with van der Waals surface area (Å²) >= 11 is 0. The van der Waals surface area contributed by atoms with Crippen molar-refractivity contribution >= 4 is 17.8 Å². The van der Waals surface area contributed by atoms with Gasteiger partial charge in [-0.1, -0.05) is 12.1 Å². The lowest BCUT2D eigenvalue weighted by Crippen LogP contribution is -2.52. The summed E-state index contributed by atoms with van der Waals surface area (Å²) in [5, 5.41) is 2.74. The van der Waals surface area contributed by atoms with E-state index in [1.54, 1.807) is 50.2 Å². The number of ether oxygens (including phenoxy) is 1. The summed E-state index contributed by atoms with van der Waals surface area (Å²) in [5.74, 6) is 0.205. The maximum Gasteiger partial charge on any atom is 0.408 e. The third kappa shape index (κ3) is 5.70. The van der Waals surface area contributed by atoms with E-state index in [0.29, 0.717) is 18.9 Å². The highest BCUT2D eigenvalue weighted by Crippen LogP contribution is 2.27. The number of aromatic nitrogens is 3. The van der Waals surface area contributed by atoms with Crippen LogP contribution in [0.4, 0.5) is 9.18 Å². The normalized spacial score (nSPS) is 17.4. The Balaban J connectivity index is 1.53. The molecule has 1 aromatic carbocycles. The third-order valence-electron chi connectivity index (χ3n) is 5.83. The third-order valence-corrected chi connectivity index (χ3v) is 5.83. The van der Waals surface area contributed by atoms with Gasteiger partial charge in [0, 0.05) is 49.7 Å². The Bertz CT molecular complexity index is 1160. The number of carbonyl (C=O) groups excluding carboxylic acids is 2. The number of halogens is 1. The van der Waals surface area contributed by atoms with Crippen LogP contribution in [0.25, 0.3) is 5.78 Å². The molecule has 2 aromatic heterocycles. The maximum absolute atomic E-state index is 13.6. The Morgan fingerprint density at radius 1 is 1.18 bits per heavy atom. The highest BCUT2D eigenvalue weighted by atomic mass is 19.1. The predicted octanol–water partition coefficient (Wildman–Crippen LogP) is 3.71. The molecule has 2 unspecified atom stereocenters. The van der Waals surface area contributed by atoms with Gasteiger partial charge in [-0.25, -0.2) is 19.2 Å². The molecule has 3 heterocycles. The molecule has 2 atom stereocenters. The fraction of sp³-hybridized carbons (Fsp3) is 0.440. The van der Waals surface area contributed by atoms with E-state index in [2.05, 4.69) is 15.3 Å². The Hall–Kier alpha value is -3.49. The highest BCUT2D eigenvalue weighted by Gasteiger charge is 2.32. The number of likely N-dealkylation sites (tertiary alicyclic amines) is 1. The molecule has 1 fully saturated rings. The largest absolute Gasteiger partial charge is 0.444 e. The Kier molecular flexibility index (Phi) is 6.81. The second-order valence-electron chi connectivity index (χ2n) is 9.62. The first-order valence-electron chi connectivity index (χ1n) is 11.5. The van der Waals surface area contributed by atoms with E-state index >= 15 is 0 Å². The molecule has 34 heavy (non-hydrogen) atoms. The Morgan fingerprint density at radius 3 is 2.65 bits per heavy atom. The predicted molar refractivity (Wildman–Crippen MR) is 125 cm³/mol. The van der Waals surface area contributed by atoms with Crippen LogP contribution in [0.5, 0.6) is 0 Å². The minimum atomic E-state index is -0.829. The summed E-state index contributed by atoms with van der Waals surface area (Å²) in [6, 6.07) is 7.07. The second-order valence-corrected chi connectivity index (χ2v) is 9.62. The molecular weight excluding hydrogens is 437 g/mol. The number of fused-ring (bicyclic) bond motifs is 1. The van der Waals surface area contributed by atoms with Crippen LogP contribution in [-0.4, -0.2) is 56.0 Å². The fourth-order valence-electron chi connectivity index (χ4n) is 4.33. The van der Waals surface area contributed by atoms with Gasteiger partial charge in [0.05, 0.1) is 0 Å². The van der Waals surface area contributed by atoms with Gasteiger partial charge in [0.2, 0.25) is 11.7 Å². The molecule has 180 valence electrons. The van der Waals surface area contributed by atoms with Gasteiger partial charge in [-0.15, -0.1) is 0 Å². The van der Waals surface area contributed by atoms with Crippen LogP contribution in [0, 0.1) is 5.82 Å². The number of hydrogen-bond acceptors (Lipinski definition) is 5. The summed E-state index contributed by atoms with van der Waals surface area (Å²) in [5.41, 5.74) is 1.11. The zero-order chi connectivity index (χ0) is 24.3. The first-order valence-corrected chi connectivity index (χ1v) is 11.5. The molecule has 9 heteroatoms. The van der Waals surface area contributed by atoms with E-state index in [9.17, 15) is 14.0 Å². The van der Waals surface area contributed by atoms with E-state index in [1.807, 2.05) is 16.7 Å². The molecule has 1 saturated heterocycles. The standard InChI is InChI=1S/C25H30FN5O3/c1-25(2,3)34-24(33)29-20(15-17-6-8-19(26)9-7-17)22(32)30-13-4-5-18(16-30)21-10-11-27-23-28-12-14-31(21)23/h6-12,14,18,20H,4-5,13,15-16H2,1-3H3,(H,29,33). The fourth-order valence-corrected chi connectivity index (χ4v) is 4.33. The molecule has 0 bridgehead atoms. The van der Waals surface area contributed by atoms with Gasteiger partial charge in [-0.2, -0.15) is 0 Å². The van der Waals surface area contributed by atoms with Crippen molar-refractivity contribution in [3.63, 3.8) is 0 Å². The minimum absolute atomic E-state index is 0.116. The SMILES string of the molecule is CC(C)(C)OC(=O)NC(Cc1ccc(F)cc1)C(=O)N1CCCC(c2ccnc3nccn23)C1. The van der Waals surface area contributed by atoms with Crippen LogP contribution in [0.2, 0.25) is 0 Å². The van der Waals surface area contributed by atoms with Crippen molar-refractivity contribution in [3.05, 3.63) is 66.0 Å². The number of carbonyl (C=O) groups is 2. The van der Waals surface area contributed by atoms with Crippen LogP contribution in [0.1, 0.15) is 50.8 Å². The number of alkyl carbamates (subject to hydrolysis) is 1. The lowest BCUT2D eigenvalue weighted by Gasteiger charge is -2.35. The number of amides is 2. The summed E-state index contributed by atoms with van der Waals surface area (Å²) in [6.07, 6.45) is 6.67. The Morgan fingerprint density at radius 2 is 1.91 bits per heavy atom. The molecule has 0 radical (unpaired) electrons. The first-order chi connectivity index (χ1) is 16.2. The summed E-state index contributed by atoms with van der Waals surface area (Å²) < 4.78 is 20.7. The van der Waals surface area contributed by atoms with E-state index in [0.717, 1.165) is 24.1 Å². The second kappa shape index (κ2) is 9.79.